The zero-order chi connectivity index (χ0) is 17.1. The second kappa shape index (κ2) is 6.91. The second-order valence-electron chi connectivity index (χ2n) is 5.08. The van der Waals surface area contributed by atoms with Crippen LogP contribution in [-0.2, 0) is 20.6 Å². The predicted octanol–water partition coefficient (Wildman–Crippen LogP) is 0.627. The maximum atomic E-state index is 11.3. The van der Waals surface area contributed by atoms with E-state index in [0.717, 1.165) is 5.69 Å². The molecule has 0 amide bonds. The molecule has 1 aromatic rings. The van der Waals surface area contributed by atoms with Crippen molar-refractivity contribution < 1.29 is 34.2 Å². The molecule has 0 bridgehead atoms. The van der Waals surface area contributed by atoms with Crippen molar-refractivity contribution in [2.24, 2.45) is 5.92 Å². The van der Waals surface area contributed by atoms with Crippen LogP contribution in [-0.4, -0.2) is 51.7 Å². The van der Waals surface area contributed by atoms with Gasteiger partial charge in [0.25, 0.3) is 0 Å². The van der Waals surface area contributed by atoms with Crippen LogP contribution in [0, 0.1) is 5.92 Å². The van der Waals surface area contributed by atoms with E-state index in [1.807, 2.05) is 19.0 Å². The Kier molecular flexibility index (Phi) is 5.71. The lowest BCUT2D eigenvalue weighted by Crippen LogP contribution is -2.36. The highest BCUT2D eigenvalue weighted by Crippen LogP contribution is 2.46. The monoisotopic (exact) mass is 331 g/mol. The molecule has 8 nitrogen and oxygen atoms in total. The van der Waals surface area contributed by atoms with Gasteiger partial charge in [0.1, 0.15) is 0 Å². The third-order valence-corrected chi connectivity index (χ3v) is 4.53. The van der Waals surface area contributed by atoms with Crippen LogP contribution >= 0.6 is 7.60 Å². The van der Waals surface area contributed by atoms with Gasteiger partial charge in [0.2, 0.25) is 0 Å². The molecule has 0 aliphatic carbocycles. The van der Waals surface area contributed by atoms with E-state index in [1.165, 1.54) is 0 Å². The fraction of sp³-hybridized carbons (Fsp3) is 0.385. The van der Waals surface area contributed by atoms with E-state index in [1.54, 1.807) is 24.3 Å². The van der Waals surface area contributed by atoms with Gasteiger partial charge in [0.15, 0.2) is 5.66 Å². The Hall–Kier alpha value is -1.89. The minimum atomic E-state index is -5.09. The molecule has 0 heterocycles. The van der Waals surface area contributed by atoms with Crippen LogP contribution in [0.25, 0.3) is 0 Å². The molecule has 4 N–H and O–H groups in total. The highest BCUT2D eigenvalue weighted by Gasteiger charge is 2.45. The van der Waals surface area contributed by atoms with Crippen LogP contribution in [0.1, 0.15) is 5.56 Å². The standard InChI is InChI=1S/C13H18NO7P/c1-14(2)9-5-3-8(4-6-9)7-10(12(15)16)11(13(17)18)22(19,20)21/h3-6,10-11H,7H2,1-2H3,(H,15,16)(H,17,18)(H2,19,20,21). The Bertz CT molecular complexity index is 593. The molecule has 122 valence electrons. The van der Waals surface area contributed by atoms with Crippen LogP contribution in [0.2, 0.25) is 0 Å². The zero-order valence-electron chi connectivity index (χ0n) is 12.1. The molecule has 0 aromatic heterocycles. The van der Waals surface area contributed by atoms with Crippen molar-refractivity contribution in [3.8, 4) is 0 Å². The summed E-state index contributed by atoms with van der Waals surface area (Å²) < 4.78 is 11.3. The molecule has 9 heteroatoms. The van der Waals surface area contributed by atoms with Gasteiger partial charge in [-0.05, 0) is 24.1 Å². The van der Waals surface area contributed by atoms with Gasteiger partial charge >= 0.3 is 19.5 Å². The first-order valence-corrected chi connectivity index (χ1v) is 7.99. The molecular weight excluding hydrogens is 313 g/mol. The summed E-state index contributed by atoms with van der Waals surface area (Å²) in [7, 11) is -1.45. The number of hydrogen-bond acceptors (Lipinski definition) is 4. The lowest BCUT2D eigenvalue weighted by molar-refractivity contribution is -0.148. The molecule has 0 aliphatic rings. The fourth-order valence-electron chi connectivity index (χ4n) is 2.07. The van der Waals surface area contributed by atoms with Gasteiger partial charge in [0, 0.05) is 19.8 Å². The van der Waals surface area contributed by atoms with E-state index in [4.69, 9.17) is 20.0 Å². The number of carboxylic acids is 2. The molecular formula is C13H18NO7P. The molecule has 1 rings (SSSR count). The third kappa shape index (κ3) is 4.56. The van der Waals surface area contributed by atoms with Crippen molar-refractivity contribution in [3.63, 3.8) is 0 Å². The molecule has 0 aliphatic heterocycles. The lowest BCUT2D eigenvalue weighted by Gasteiger charge is -2.21. The quantitative estimate of drug-likeness (QED) is 0.534. The van der Waals surface area contributed by atoms with E-state index < -0.39 is 31.1 Å². The Balaban J connectivity index is 3.09. The molecule has 0 saturated heterocycles. The first-order chi connectivity index (χ1) is 10.0. The molecule has 1 aromatic carbocycles. The first-order valence-electron chi connectivity index (χ1n) is 6.31. The SMILES string of the molecule is CN(C)c1ccc(CC(C(=O)O)C(C(=O)O)P(=O)(O)O)cc1. The van der Waals surface area contributed by atoms with Gasteiger partial charge in [-0.2, -0.15) is 0 Å². The highest BCUT2D eigenvalue weighted by atomic mass is 31.2. The molecule has 2 atom stereocenters. The summed E-state index contributed by atoms with van der Waals surface area (Å²) in [5.74, 6) is -5.11. The van der Waals surface area contributed by atoms with Crippen LogP contribution in [0.3, 0.4) is 0 Å². The predicted molar refractivity (Wildman–Crippen MR) is 79.1 cm³/mol. The Morgan fingerprint density at radius 1 is 1.09 bits per heavy atom. The summed E-state index contributed by atoms with van der Waals surface area (Å²) in [4.78, 5) is 42.4. The van der Waals surface area contributed by atoms with Gasteiger partial charge in [-0.15, -0.1) is 0 Å². The molecule has 22 heavy (non-hydrogen) atoms. The Morgan fingerprint density at radius 2 is 1.59 bits per heavy atom. The molecule has 0 radical (unpaired) electrons. The summed E-state index contributed by atoms with van der Waals surface area (Å²) in [6, 6.07) is 6.62. The van der Waals surface area contributed by atoms with Gasteiger partial charge in [-0.3, -0.25) is 14.2 Å². The number of anilines is 1. The number of carbonyl (C=O) groups is 2. The van der Waals surface area contributed by atoms with Crippen LogP contribution < -0.4 is 4.90 Å². The van der Waals surface area contributed by atoms with E-state index in [-0.39, 0.29) is 6.42 Å². The maximum Gasteiger partial charge on any atom is 0.340 e. The van der Waals surface area contributed by atoms with Crippen molar-refractivity contribution in [2.75, 3.05) is 19.0 Å². The smallest absolute Gasteiger partial charge is 0.340 e. The van der Waals surface area contributed by atoms with Crippen LogP contribution in [0.15, 0.2) is 24.3 Å². The number of benzene rings is 1. The normalized spacial score (nSPS) is 14.2. The first kappa shape index (κ1) is 18.2. The summed E-state index contributed by atoms with van der Waals surface area (Å²) in [5, 5.41) is 18.1. The Morgan fingerprint density at radius 3 is 1.91 bits per heavy atom. The van der Waals surface area contributed by atoms with Gasteiger partial charge in [-0.1, -0.05) is 12.1 Å². The topological polar surface area (TPSA) is 135 Å². The van der Waals surface area contributed by atoms with E-state index in [9.17, 15) is 14.2 Å². The van der Waals surface area contributed by atoms with Gasteiger partial charge < -0.3 is 24.9 Å². The lowest BCUT2D eigenvalue weighted by atomic mass is 9.95. The van der Waals surface area contributed by atoms with Crippen molar-refractivity contribution in [2.45, 2.75) is 12.1 Å². The van der Waals surface area contributed by atoms with E-state index in [0.29, 0.717) is 5.56 Å². The highest BCUT2D eigenvalue weighted by molar-refractivity contribution is 7.53. The number of carboxylic acid groups (broad SMARTS) is 2. The van der Waals surface area contributed by atoms with Crippen molar-refractivity contribution >= 4 is 25.2 Å². The van der Waals surface area contributed by atoms with Gasteiger partial charge in [-0.25, -0.2) is 0 Å². The number of rotatable bonds is 7. The average molecular weight is 331 g/mol. The number of nitrogens with zero attached hydrogens (tertiary/aromatic N) is 1. The molecule has 0 saturated carbocycles. The summed E-state index contributed by atoms with van der Waals surface area (Å²) in [6.07, 6.45) is -0.287. The van der Waals surface area contributed by atoms with Gasteiger partial charge in [0.05, 0.1) is 5.92 Å². The summed E-state index contributed by atoms with van der Waals surface area (Å²) in [6.45, 7) is 0. The molecule has 0 spiro atoms. The molecule has 0 fully saturated rings. The maximum absolute atomic E-state index is 11.3. The van der Waals surface area contributed by atoms with Crippen LogP contribution in [0.5, 0.6) is 0 Å². The Labute approximate surface area is 127 Å². The fourth-order valence-corrected chi connectivity index (χ4v) is 3.06. The van der Waals surface area contributed by atoms with E-state index >= 15 is 0 Å². The minimum Gasteiger partial charge on any atom is -0.481 e. The number of hydrogen-bond donors (Lipinski definition) is 4. The van der Waals surface area contributed by atoms with Crippen molar-refractivity contribution in [1.29, 1.82) is 0 Å². The van der Waals surface area contributed by atoms with Crippen LogP contribution in [0.4, 0.5) is 5.69 Å². The summed E-state index contributed by atoms with van der Waals surface area (Å²) >= 11 is 0. The minimum absolute atomic E-state index is 0.287. The summed E-state index contributed by atoms with van der Waals surface area (Å²) in [5.41, 5.74) is -0.934. The number of aliphatic carboxylic acids is 2. The molecule has 2 unspecified atom stereocenters. The zero-order valence-corrected chi connectivity index (χ0v) is 13.0. The van der Waals surface area contributed by atoms with Crippen molar-refractivity contribution in [1.82, 2.24) is 0 Å². The van der Waals surface area contributed by atoms with Crippen molar-refractivity contribution in [3.05, 3.63) is 29.8 Å². The van der Waals surface area contributed by atoms with E-state index in [2.05, 4.69) is 0 Å². The average Bonchev–Trinajstić information content (AvgIpc) is 2.36. The third-order valence-electron chi connectivity index (χ3n) is 3.22. The largest absolute Gasteiger partial charge is 0.481 e. The second-order valence-corrected chi connectivity index (χ2v) is 6.82.